The molecule has 0 bridgehead atoms. The minimum atomic E-state index is -0.558. The van der Waals surface area contributed by atoms with Crippen LogP contribution >= 0.6 is 0 Å². The third kappa shape index (κ3) is 3.28. The predicted molar refractivity (Wildman–Crippen MR) is 78.2 cm³/mol. The number of amides is 1. The van der Waals surface area contributed by atoms with E-state index in [4.69, 9.17) is 0 Å². The zero-order valence-corrected chi connectivity index (χ0v) is 12.2. The van der Waals surface area contributed by atoms with E-state index in [0.29, 0.717) is 6.54 Å². The van der Waals surface area contributed by atoms with Gasteiger partial charge in [-0.15, -0.1) is 0 Å². The zero-order chi connectivity index (χ0) is 16.4. The molecule has 0 unspecified atom stereocenters. The summed E-state index contributed by atoms with van der Waals surface area (Å²) in [6.45, 7) is 0.591. The quantitative estimate of drug-likeness (QED) is 0.871. The Balaban J connectivity index is 1.71. The molecule has 120 valence electrons. The van der Waals surface area contributed by atoms with Crippen LogP contribution in [0.3, 0.4) is 0 Å². The van der Waals surface area contributed by atoms with Gasteiger partial charge in [0.15, 0.2) is 11.6 Å². The molecule has 1 aromatic carbocycles. The van der Waals surface area contributed by atoms with Gasteiger partial charge in [0.25, 0.3) is 0 Å². The van der Waals surface area contributed by atoms with Gasteiger partial charge in [0.1, 0.15) is 11.6 Å². The summed E-state index contributed by atoms with van der Waals surface area (Å²) in [6, 6.07) is 5.90. The molecule has 1 saturated heterocycles. The van der Waals surface area contributed by atoms with Crippen LogP contribution in [0, 0.1) is 17.5 Å². The number of halogens is 3. The van der Waals surface area contributed by atoms with E-state index in [-0.39, 0.29) is 36.9 Å². The van der Waals surface area contributed by atoms with Crippen molar-refractivity contribution >= 4 is 11.7 Å². The van der Waals surface area contributed by atoms with Gasteiger partial charge in [-0.25, -0.2) is 18.2 Å². The highest BCUT2D eigenvalue weighted by molar-refractivity contribution is 5.82. The van der Waals surface area contributed by atoms with Crippen molar-refractivity contribution in [2.75, 3.05) is 24.5 Å². The van der Waals surface area contributed by atoms with E-state index in [2.05, 4.69) is 4.98 Å². The van der Waals surface area contributed by atoms with Gasteiger partial charge in [0, 0.05) is 31.4 Å². The fourth-order valence-electron chi connectivity index (χ4n) is 2.54. The van der Waals surface area contributed by atoms with Crippen molar-refractivity contribution in [3.8, 4) is 0 Å². The van der Waals surface area contributed by atoms with Crippen molar-refractivity contribution < 1.29 is 18.0 Å². The Morgan fingerprint density at radius 3 is 2.65 bits per heavy atom. The molecular weight excluding hydrogens is 307 g/mol. The molecule has 1 aliphatic rings. The Hall–Kier alpha value is -2.57. The Labute approximate surface area is 131 Å². The van der Waals surface area contributed by atoms with Crippen molar-refractivity contribution in [2.24, 2.45) is 0 Å². The summed E-state index contributed by atoms with van der Waals surface area (Å²) >= 11 is 0. The van der Waals surface area contributed by atoms with Crippen LogP contribution in [-0.2, 0) is 11.3 Å². The maximum Gasteiger partial charge on any atom is 0.242 e. The summed E-state index contributed by atoms with van der Waals surface area (Å²) in [5, 5.41) is 0. The lowest BCUT2D eigenvalue weighted by Crippen LogP contribution is -2.50. The van der Waals surface area contributed by atoms with Crippen LogP contribution in [0.25, 0.3) is 0 Å². The first-order chi connectivity index (χ1) is 11.0. The van der Waals surface area contributed by atoms with Crippen LogP contribution in [0.4, 0.5) is 19.0 Å². The average molecular weight is 321 g/mol. The average Bonchev–Trinajstić information content (AvgIpc) is 2.53. The molecule has 23 heavy (non-hydrogen) atoms. The molecule has 1 aromatic heterocycles. The summed E-state index contributed by atoms with van der Waals surface area (Å²) < 4.78 is 40.6. The van der Waals surface area contributed by atoms with E-state index in [1.165, 1.54) is 28.1 Å². The van der Waals surface area contributed by atoms with Crippen molar-refractivity contribution in [1.29, 1.82) is 0 Å². The van der Waals surface area contributed by atoms with Gasteiger partial charge in [0.05, 0.1) is 6.54 Å². The molecule has 0 atom stereocenters. The van der Waals surface area contributed by atoms with Gasteiger partial charge in [-0.05, 0) is 30.3 Å². The van der Waals surface area contributed by atoms with Gasteiger partial charge >= 0.3 is 0 Å². The van der Waals surface area contributed by atoms with Crippen LogP contribution in [0.15, 0.2) is 36.5 Å². The second-order valence-corrected chi connectivity index (χ2v) is 5.28. The Kier molecular flexibility index (Phi) is 4.18. The van der Waals surface area contributed by atoms with Crippen LogP contribution < -0.4 is 4.90 Å². The number of nitrogens with zero attached hydrogens (tertiary/aromatic N) is 3. The standard InChI is InChI=1S/C16H14F3N3O/c17-12-3-4-13(18)11(8-12)9-21-6-7-22(10-15(21)23)16-14(19)2-1-5-20-16/h1-5,8H,6-7,9-10H2. The SMILES string of the molecule is O=C1CN(c2ncccc2F)CCN1Cc1cc(F)ccc1F. The highest BCUT2D eigenvalue weighted by atomic mass is 19.1. The summed E-state index contributed by atoms with van der Waals surface area (Å²) in [7, 11) is 0. The van der Waals surface area contributed by atoms with E-state index in [0.717, 1.165) is 18.2 Å². The smallest absolute Gasteiger partial charge is 0.242 e. The monoisotopic (exact) mass is 321 g/mol. The Morgan fingerprint density at radius 2 is 1.91 bits per heavy atom. The molecule has 1 aliphatic heterocycles. The summed E-state index contributed by atoms with van der Waals surface area (Å²) in [4.78, 5) is 19.1. The zero-order valence-electron chi connectivity index (χ0n) is 12.2. The molecule has 2 aromatic rings. The highest BCUT2D eigenvalue weighted by Gasteiger charge is 2.26. The van der Waals surface area contributed by atoms with Gasteiger partial charge in [-0.3, -0.25) is 4.79 Å². The minimum Gasteiger partial charge on any atom is -0.343 e. The molecule has 0 saturated carbocycles. The summed E-state index contributed by atoms with van der Waals surface area (Å²) in [5.74, 6) is -1.77. The van der Waals surface area contributed by atoms with Crippen LogP contribution in [0.5, 0.6) is 0 Å². The molecule has 1 amide bonds. The lowest BCUT2D eigenvalue weighted by molar-refractivity contribution is -0.131. The first-order valence-corrected chi connectivity index (χ1v) is 7.12. The summed E-state index contributed by atoms with van der Waals surface area (Å²) in [6.07, 6.45) is 1.46. The van der Waals surface area contributed by atoms with Gasteiger partial charge in [0.2, 0.25) is 5.91 Å². The van der Waals surface area contributed by atoms with Gasteiger partial charge in [-0.1, -0.05) is 0 Å². The van der Waals surface area contributed by atoms with E-state index < -0.39 is 17.5 Å². The molecule has 4 nitrogen and oxygen atoms in total. The van der Waals surface area contributed by atoms with Crippen LogP contribution in [-0.4, -0.2) is 35.4 Å². The number of anilines is 1. The Morgan fingerprint density at radius 1 is 1.09 bits per heavy atom. The van der Waals surface area contributed by atoms with Crippen molar-refractivity contribution in [2.45, 2.75) is 6.54 Å². The van der Waals surface area contributed by atoms with Crippen molar-refractivity contribution in [3.05, 3.63) is 59.5 Å². The third-order valence-corrected chi connectivity index (χ3v) is 3.73. The number of aromatic nitrogens is 1. The number of piperazine rings is 1. The maximum absolute atomic E-state index is 13.7. The molecule has 1 fully saturated rings. The fraction of sp³-hybridized carbons (Fsp3) is 0.250. The predicted octanol–water partition coefficient (Wildman–Crippen LogP) is 2.35. The van der Waals surface area contributed by atoms with Crippen LogP contribution in [0.2, 0.25) is 0 Å². The third-order valence-electron chi connectivity index (χ3n) is 3.73. The lowest BCUT2D eigenvalue weighted by Gasteiger charge is -2.35. The molecular formula is C16H14F3N3O. The topological polar surface area (TPSA) is 36.4 Å². The van der Waals surface area contributed by atoms with Gasteiger partial charge in [-0.2, -0.15) is 0 Å². The second kappa shape index (κ2) is 6.28. The first-order valence-electron chi connectivity index (χ1n) is 7.12. The Bertz CT molecular complexity index is 738. The number of hydrogen-bond donors (Lipinski definition) is 0. The number of rotatable bonds is 3. The fourth-order valence-corrected chi connectivity index (χ4v) is 2.54. The highest BCUT2D eigenvalue weighted by Crippen LogP contribution is 2.19. The van der Waals surface area contributed by atoms with E-state index in [9.17, 15) is 18.0 Å². The number of benzene rings is 1. The van der Waals surface area contributed by atoms with E-state index in [1.807, 2.05) is 0 Å². The molecule has 7 heteroatoms. The molecule has 0 N–H and O–H groups in total. The number of carbonyl (C=O) groups is 1. The van der Waals surface area contributed by atoms with Crippen molar-refractivity contribution in [3.63, 3.8) is 0 Å². The van der Waals surface area contributed by atoms with E-state index >= 15 is 0 Å². The lowest BCUT2D eigenvalue weighted by atomic mass is 10.1. The molecule has 0 radical (unpaired) electrons. The maximum atomic E-state index is 13.7. The molecule has 0 spiro atoms. The van der Waals surface area contributed by atoms with Gasteiger partial charge < -0.3 is 9.80 Å². The summed E-state index contributed by atoms with van der Waals surface area (Å²) in [5.41, 5.74) is 0.121. The molecule has 3 rings (SSSR count). The van der Waals surface area contributed by atoms with Crippen molar-refractivity contribution in [1.82, 2.24) is 9.88 Å². The minimum absolute atomic E-state index is 0.0129. The first kappa shape index (κ1) is 15.3. The largest absolute Gasteiger partial charge is 0.343 e. The molecule has 0 aliphatic carbocycles. The number of hydrogen-bond acceptors (Lipinski definition) is 3. The number of pyridine rings is 1. The number of carbonyl (C=O) groups excluding carboxylic acids is 1. The van der Waals surface area contributed by atoms with E-state index in [1.54, 1.807) is 0 Å². The molecule has 2 heterocycles. The second-order valence-electron chi connectivity index (χ2n) is 5.28. The van der Waals surface area contributed by atoms with Crippen LogP contribution in [0.1, 0.15) is 5.56 Å². The normalized spacial score (nSPS) is 15.2.